The lowest BCUT2D eigenvalue weighted by molar-refractivity contribution is -0.153. The maximum atomic E-state index is 12.6. The van der Waals surface area contributed by atoms with Crippen LogP contribution >= 0.6 is 11.3 Å². The van der Waals surface area contributed by atoms with Crippen molar-refractivity contribution in [2.75, 3.05) is 27.4 Å². The summed E-state index contributed by atoms with van der Waals surface area (Å²) in [5, 5.41) is 4.62. The fourth-order valence-corrected chi connectivity index (χ4v) is 4.29. The summed E-state index contributed by atoms with van der Waals surface area (Å²) in [6, 6.07) is 7.03. The quantitative estimate of drug-likeness (QED) is 0.626. The fraction of sp³-hybridized carbons (Fsp3) is 0.409. The van der Waals surface area contributed by atoms with Gasteiger partial charge in [-0.1, -0.05) is 6.07 Å². The summed E-state index contributed by atoms with van der Waals surface area (Å²) in [6.07, 6.45) is 0.644. The fourth-order valence-electron chi connectivity index (χ4n) is 3.51. The molecule has 166 valence electrons. The normalized spacial score (nSPS) is 13.7. The number of esters is 1. The lowest BCUT2D eigenvalue weighted by Gasteiger charge is -2.29. The van der Waals surface area contributed by atoms with Crippen molar-refractivity contribution < 1.29 is 28.6 Å². The van der Waals surface area contributed by atoms with E-state index in [2.05, 4.69) is 5.32 Å². The molecule has 1 atom stereocenters. The lowest BCUT2D eigenvalue weighted by Crippen LogP contribution is -2.39. The average Bonchev–Trinajstić information content (AvgIpc) is 3.30. The summed E-state index contributed by atoms with van der Waals surface area (Å²) in [4.78, 5) is 38.9. The van der Waals surface area contributed by atoms with E-state index in [1.54, 1.807) is 19.1 Å². The Kier molecular flexibility index (Phi) is 7.51. The predicted octanol–water partition coefficient (Wildman–Crippen LogP) is 2.46. The van der Waals surface area contributed by atoms with Crippen molar-refractivity contribution in [1.82, 2.24) is 10.2 Å². The van der Waals surface area contributed by atoms with Gasteiger partial charge in [0.15, 0.2) is 18.1 Å². The standard InChI is InChI=1S/C22H26N2O6S/c1-14(25)23-17(20-5-4-8-31-20)11-22(27)30-13-21(26)24-7-6-15-9-18(28-2)19(29-3)10-16(15)12-24/h4-5,8-10,17H,6-7,11-13H2,1-3H3,(H,23,25). The largest absolute Gasteiger partial charge is 0.493 e. The van der Waals surface area contributed by atoms with Crippen LogP contribution in [0, 0.1) is 0 Å². The van der Waals surface area contributed by atoms with Crippen molar-refractivity contribution in [1.29, 1.82) is 0 Å². The molecule has 3 rings (SSSR count). The highest BCUT2D eigenvalue weighted by Gasteiger charge is 2.25. The first-order chi connectivity index (χ1) is 14.9. The Morgan fingerprint density at radius 2 is 1.87 bits per heavy atom. The van der Waals surface area contributed by atoms with E-state index in [9.17, 15) is 14.4 Å². The molecule has 1 aliphatic rings. The molecule has 0 bridgehead atoms. The molecule has 1 unspecified atom stereocenters. The second-order valence-electron chi connectivity index (χ2n) is 7.17. The Bertz CT molecular complexity index is 944. The number of rotatable bonds is 8. The van der Waals surface area contributed by atoms with E-state index in [-0.39, 0.29) is 24.8 Å². The van der Waals surface area contributed by atoms with E-state index < -0.39 is 12.0 Å². The second-order valence-corrected chi connectivity index (χ2v) is 8.15. The van der Waals surface area contributed by atoms with Gasteiger partial charge < -0.3 is 24.4 Å². The summed E-state index contributed by atoms with van der Waals surface area (Å²) in [6.45, 7) is 2.01. The number of carbonyl (C=O) groups excluding carboxylic acids is 3. The summed E-state index contributed by atoms with van der Waals surface area (Å²) >= 11 is 1.44. The molecule has 1 aromatic carbocycles. The Balaban J connectivity index is 1.56. The van der Waals surface area contributed by atoms with Crippen LogP contribution < -0.4 is 14.8 Å². The minimum atomic E-state index is -0.538. The smallest absolute Gasteiger partial charge is 0.308 e. The van der Waals surface area contributed by atoms with Crippen LogP contribution in [0.2, 0.25) is 0 Å². The third-order valence-corrected chi connectivity index (χ3v) is 6.05. The molecule has 2 heterocycles. The number of ether oxygens (including phenoxy) is 3. The van der Waals surface area contributed by atoms with Crippen molar-refractivity contribution in [3.63, 3.8) is 0 Å². The monoisotopic (exact) mass is 446 g/mol. The Labute approximate surface area is 185 Å². The molecule has 0 saturated carbocycles. The van der Waals surface area contributed by atoms with Gasteiger partial charge in [0.05, 0.1) is 26.7 Å². The molecule has 31 heavy (non-hydrogen) atoms. The molecule has 2 amide bonds. The summed E-state index contributed by atoms with van der Waals surface area (Å²) in [5.74, 6) is 0.237. The lowest BCUT2D eigenvalue weighted by atomic mass is 9.99. The molecule has 1 aromatic heterocycles. The topological polar surface area (TPSA) is 94.2 Å². The van der Waals surface area contributed by atoms with Crippen molar-refractivity contribution in [2.24, 2.45) is 0 Å². The van der Waals surface area contributed by atoms with E-state index in [0.29, 0.717) is 31.0 Å². The Morgan fingerprint density at radius 3 is 2.48 bits per heavy atom. The van der Waals surface area contributed by atoms with Crippen LogP contribution in [-0.2, 0) is 32.1 Å². The van der Waals surface area contributed by atoms with E-state index in [1.807, 2.05) is 29.6 Å². The molecular formula is C22H26N2O6S. The number of nitrogens with one attached hydrogen (secondary N) is 1. The SMILES string of the molecule is COc1cc2c(cc1OC)CN(C(=O)COC(=O)CC(NC(C)=O)c1cccs1)CC2. The summed E-state index contributed by atoms with van der Waals surface area (Å²) in [5.41, 5.74) is 2.08. The van der Waals surface area contributed by atoms with E-state index in [0.717, 1.165) is 16.0 Å². The summed E-state index contributed by atoms with van der Waals surface area (Å²) in [7, 11) is 3.16. The Hall–Kier alpha value is -3.07. The minimum Gasteiger partial charge on any atom is -0.493 e. The van der Waals surface area contributed by atoms with E-state index >= 15 is 0 Å². The third-order valence-electron chi connectivity index (χ3n) is 5.06. The highest BCUT2D eigenvalue weighted by molar-refractivity contribution is 7.10. The first kappa shape index (κ1) is 22.6. The zero-order valence-electron chi connectivity index (χ0n) is 17.8. The first-order valence-electron chi connectivity index (χ1n) is 9.89. The van der Waals surface area contributed by atoms with Gasteiger partial charge in [-0.15, -0.1) is 11.3 Å². The average molecular weight is 447 g/mol. The van der Waals surface area contributed by atoms with Gasteiger partial charge in [0, 0.05) is 24.9 Å². The zero-order valence-corrected chi connectivity index (χ0v) is 18.6. The van der Waals surface area contributed by atoms with Crippen LogP contribution in [0.3, 0.4) is 0 Å². The van der Waals surface area contributed by atoms with E-state index in [1.165, 1.54) is 18.3 Å². The van der Waals surface area contributed by atoms with Crippen LogP contribution in [0.15, 0.2) is 29.6 Å². The molecule has 0 spiro atoms. The van der Waals surface area contributed by atoms with Gasteiger partial charge in [0.25, 0.3) is 5.91 Å². The van der Waals surface area contributed by atoms with Gasteiger partial charge in [-0.3, -0.25) is 14.4 Å². The number of methoxy groups -OCH3 is 2. The zero-order chi connectivity index (χ0) is 22.4. The van der Waals surface area contributed by atoms with Crippen molar-refractivity contribution >= 4 is 29.1 Å². The van der Waals surface area contributed by atoms with Gasteiger partial charge in [-0.25, -0.2) is 0 Å². The van der Waals surface area contributed by atoms with Crippen molar-refractivity contribution in [3.8, 4) is 11.5 Å². The van der Waals surface area contributed by atoms with Crippen LogP contribution in [0.5, 0.6) is 11.5 Å². The highest BCUT2D eigenvalue weighted by Crippen LogP contribution is 2.33. The van der Waals surface area contributed by atoms with Crippen LogP contribution in [0.1, 0.15) is 35.4 Å². The first-order valence-corrected chi connectivity index (χ1v) is 10.8. The van der Waals surface area contributed by atoms with Gasteiger partial charge >= 0.3 is 5.97 Å². The van der Waals surface area contributed by atoms with Gasteiger partial charge in [-0.2, -0.15) is 0 Å². The number of nitrogens with zero attached hydrogens (tertiary/aromatic N) is 1. The van der Waals surface area contributed by atoms with Gasteiger partial charge in [0.2, 0.25) is 5.91 Å². The molecule has 0 saturated heterocycles. The minimum absolute atomic E-state index is 0.0345. The van der Waals surface area contributed by atoms with Gasteiger partial charge in [0.1, 0.15) is 0 Å². The number of hydrogen-bond acceptors (Lipinski definition) is 7. The number of fused-ring (bicyclic) bond motifs is 1. The van der Waals surface area contributed by atoms with Crippen LogP contribution in [0.4, 0.5) is 0 Å². The second kappa shape index (κ2) is 10.3. The molecule has 2 aromatic rings. The van der Waals surface area contributed by atoms with Crippen molar-refractivity contribution in [2.45, 2.75) is 32.4 Å². The third kappa shape index (κ3) is 5.75. The van der Waals surface area contributed by atoms with Gasteiger partial charge in [-0.05, 0) is 41.1 Å². The molecule has 0 fully saturated rings. The maximum absolute atomic E-state index is 12.6. The number of thiophene rings is 1. The molecule has 9 heteroatoms. The molecule has 8 nitrogen and oxygen atoms in total. The van der Waals surface area contributed by atoms with Crippen LogP contribution in [-0.4, -0.2) is 50.1 Å². The molecule has 0 radical (unpaired) electrons. The highest BCUT2D eigenvalue weighted by atomic mass is 32.1. The molecular weight excluding hydrogens is 420 g/mol. The Morgan fingerprint density at radius 1 is 1.16 bits per heavy atom. The number of amides is 2. The van der Waals surface area contributed by atoms with Crippen LogP contribution in [0.25, 0.3) is 0 Å². The molecule has 1 N–H and O–H groups in total. The predicted molar refractivity (Wildman–Crippen MR) is 115 cm³/mol. The van der Waals surface area contributed by atoms with Crippen molar-refractivity contribution in [3.05, 3.63) is 45.6 Å². The molecule has 1 aliphatic heterocycles. The maximum Gasteiger partial charge on any atom is 0.308 e. The number of carbonyl (C=O) groups is 3. The number of benzene rings is 1. The number of hydrogen-bond donors (Lipinski definition) is 1. The summed E-state index contributed by atoms with van der Waals surface area (Å²) < 4.78 is 15.9. The van der Waals surface area contributed by atoms with E-state index in [4.69, 9.17) is 14.2 Å². The molecule has 0 aliphatic carbocycles.